The molecule has 2 amide bonds. The number of carbonyl (C=O) groups excluding carboxylic acids is 2. The molecule has 138 valence electrons. The van der Waals surface area contributed by atoms with Gasteiger partial charge in [0, 0.05) is 26.7 Å². The Kier molecular flexibility index (Phi) is 6.54. The summed E-state index contributed by atoms with van der Waals surface area (Å²) in [6, 6.07) is 12.8. The number of rotatable bonds is 6. The second-order valence-corrected chi connectivity index (χ2v) is 5.90. The van der Waals surface area contributed by atoms with Crippen LogP contribution in [0.4, 0.5) is 10.6 Å². The van der Waals surface area contributed by atoms with Gasteiger partial charge in [0.1, 0.15) is 12.4 Å². The molecule has 0 atom stereocenters. The summed E-state index contributed by atoms with van der Waals surface area (Å²) in [6.07, 6.45) is -0.355. The number of carbonyl (C=O) groups is 2. The number of hydrogen-bond donors (Lipinski definition) is 0. The number of methoxy groups -OCH3 is 1. The first-order valence-corrected chi connectivity index (χ1v) is 8.11. The lowest BCUT2D eigenvalue weighted by atomic mass is 10.2. The Morgan fingerprint density at radius 1 is 1.04 bits per heavy atom. The fraction of sp³-hybridized carbons (Fsp3) is 0.316. The van der Waals surface area contributed by atoms with Crippen LogP contribution < -0.4 is 9.64 Å². The van der Waals surface area contributed by atoms with Crippen molar-refractivity contribution in [2.45, 2.75) is 13.0 Å². The van der Waals surface area contributed by atoms with E-state index in [4.69, 9.17) is 9.47 Å². The molecule has 0 unspecified atom stereocenters. The molecule has 26 heavy (non-hydrogen) atoms. The third-order valence-electron chi connectivity index (χ3n) is 3.78. The van der Waals surface area contributed by atoms with E-state index in [-0.39, 0.29) is 18.9 Å². The van der Waals surface area contributed by atoms with Crippen molar-refractivity contribution in [3.8, 4) is 5.88 Å². The van der Waals surface area contributed by atoms with E-state index in [1.165, 1.54) is 16.9 Å². The molecule has 0 spiro atoms. The number of nitrogens with zero attached hydrogens (tertiary/aromatic N) is 3. The number of aromatic nitrogens is 1. The van der Waals surface area contributed by atoms with Crippen molar-refractivity contribution in [2.24, 2.45) is 0 Å². The van der Waals surface area contributed by atoms with E-state index in [1.54, 1.807) is 33.3 Å². The molecular formula is C19H23N3O4. The first-order valence-electron chi connectivity index (χ1n) is 8.11. The highest BCUT2D eigenvalue weighted by molar-refractivity contribution is 5.86. The predicted molar refractivity (Wildman–Crippen MR) is 98.2 cm³/mol. The van der Waals surface area contributed by atoms with Crippen molar-refractivity contribution in [1.82, 2.24) is 9.88 Å². The number of benzene rings is 1. The van der Waals surface area contributed by atoms with Crippen LogP contribution in [0.15, 0.2) is 42.5 Å². The number of amides is 2. The lowest BCUT2D eigenvalue weighted by molar-refractivity contribution is -0.128. The summed E-state index contributed by atoms with van der Waals surface area (Å²) in [5.74, 6) is 0.620. The Hall–Kier alpha value is -3.09. The Balaban J connectivity index is 2.07. The lowest BCUT2D eigenvalue weighted by Gasteiger charge is -2.18. The summed E-state index contributed by atoms with van der Waals surface area (Å²) >= 11 is 0. The molecule has 0 aliphatic carbocycles. The van der Waals surface area contributed by atoms with Gasteiger partial charge in [0.2, 0.25) is 11.8 Å². The van der Waals surface area contributed by atoms with Crippen LogP contribution in [0.3, 0.4) is 0 Å². The van der Waals surface area contributed by atoms with Gasteiger partial charge in [-0.25, -0.2) is 4.79 Å². The van der Waals surface area contributed by atoms with Crippen LogP contribution in [0.1, 0.15) is 11.1 Å². The zero-order valence-electron chi connectivity index (χ0n) is 15.4. The van der Waals surface area contributed by atoms with Gasteiger partial charge in [0.05, 0.1) is 13.5 Å². The van der Waals surface area contributed by atoms with Crippen LogP contribution in [0.2, 0.25) is 0 Å². The fourth-order valence-corrected chi connectivity index (χ4v) is 2.19. The molecule has 0 aliphatic heterocycles. The minimum atomic E-state index is -0.527. The van der Waals surface area contributed by atoms with Crippen molar-refractivity contribution >= 4 is 17.8 Å². The Bertz CT molecular complexity index is 763. The Morgan fingerprint density at radius 2 is 1.73 bits per heavy atom. The molecular weight excluding hydrogens is 334 g/mol. The minimum Gasteiger partial charge on any atom is -0.481 e. The Labute approximate surface area is 153 Å². The van der Waals surface area contributed by atoms with Gasteiger partial charge in [-0.2, -0.15) is 4.98 Å². The Morgan fingerprint density at radius 3 is 2.35 bits per heavy atom. The number of anilines is 1. The predicted octanol–water partition coefficient (Wildman–Crippen LogP) is 2.49. The van der Waals surface area contributed by atoms with Gasteiger partial charge in [-0.3, -0.25) is 9.69 Å². The molecule has 0 saturated heterocycles. The number of pyridine rings is 1. The van der Waals surface area contributed by atoms with E-state index in [1.807, 2.05) is 30.3 Å². The van der Waals surface area contributed by atoms with E-state index in [0.29, 0.717) is 17.3 Å². The zero-order chi connectivity index (χ0) is 19.1. The third-order valence-corrected chi connectivity index (χ3v) is 3.78. The quantitative estimate of drug-likeness (QED) is 0.794. The van der Waals surface area contributed by atoms with Crippen molar-refractivity contribution in [3.05, 3.63) is 53.6 Å². The third kappa shape index (κ3) is 4.95. The molecule has 0 aliphatic rings. The molecule has 0 radical (unpaired) electrons. The summed E-state index contributed by atoms with van der Waals surface area (Å²) in [4.78, 5) is 31.2. The van der Waals surface area contributed by atoms with E-state index < -0.39 is 6.09 Å². The highest BCUT2D eigenvalue weighted by atomic mass is 16.6. The molecule has 0 fully saturated rings. The maximum atomic E-state index is 12.2. The first kappa shape index (κ1) is 19.2. The van der Waals surface area contributed by atoms with E-state index in [2.05, 4.69) is 4.98 Å². The topological polar surface area (TPSA) is 72.0 Å². The second kappa shape index (κ2) is 8.84. The molecule has 7 heteroatoms. The molecule has 1 heterocycles. The molecule has 0 bridgehead atoms. The smallest absolute Gasteiger partial charge is 0.415 e. The SMILES string of the molecule is COc1nc(N(C)C(=O)OCc2ccccc2)ccc1CC(=O)N(C)C. The van der Waals surface area contributed by atoms with E-state index >= 15 is 0 Å². The minimum absolute atomic E-state index is 0.0616. The van der Waals surface area contributed by atoms with Gasteiger partial charge in [-0.05, 0) is 17.7 Å². The number of ether oxygens (including phenoxy) is 2. The summed E-state index contributed by atoms with van der Waals surface area (Å²) < 4.78 is 10.6. The molecule has 2 aromatic rings. The van der Waals surface area contributed by atoms with Crippen LogP contribution in [0, 0.1) is 0 Å². The van der Waals surface area contributed by atoms with E-state index in [9.17, 15) is 9.59 Å². The van der Waals surface area contributed by atoms with Crippen LogP contribution >= 0.6 is 0 Å². The normalized spacial score (nSPS) is 10.2. The maximum Gasteiger partial charge on any atom is 0.415 e. The van der Waals surface area contributed by atoms with Gasteiger partial charge in [-0.15, -0.1) is 0 Å². The number of likely N-dealkylation sites (N-methyl/N-ethyl adjacent to an activating group) is 1. The lowest BCUT2D eigenvalue weighted by Crippen LogP contribution is -2.28. The average molecular weight is 357 g/mol. The summed E-state index contributed by atoms with van der Waals surface area (Å²) in [5, 5.41) is 0. The zero-order valence-corrected chi connectivity index (χ0v) is 15.4. The number of hydrogen-bond acceptors (Lipinski definition) is 5. The van der Waals surface area contributed by atoms with Gasteiger partial charge in [-0.1, -0.05) is 30.3 Å². The van der Waals surface area contributed by atoms with Crippen LogP contribution in [0.5, 0.6) is 5.88 Å². The molecule has 2 rings (SSSR count). The molecule has 1 aromatic carbocycles. The van der Waals surface area contributed by atoms with Gasteiger partial charge >= 0.3 is 6.09 Å². The standard InChI is InChI=1S/C19H23N3O4/c1-21(2)17(23)12-15-10-11-16(20-18(15)25-4)22(3)19(24)26-13-14-8-6-5-7-9-14/h5-11H,12-13H2,1-4H3. The highest BCUT2D eigenvalue weighted by Gasteiger charge is 2.18. The monoisotopic (exact) mass is 357 g/mol. The van der Waals surface area contributed by atoms with Crippen LogP contribution in [-0.2, 0) is 22.6 Å². The molecule has 7 nitrogen and oxygen atoms in total. The fourth-order valence-electron chi connectivity index (χ4n) is 2.19. The summed E-state index contributed by atoms with van der Waals surface area (Å²) in [6.45, 7) is 0.177. The van der Waals surface area contributed by atoms with Crippen molar-refractivity contribution in [2.75, 3.05) is 33.2 Å². The van der Waals surface area contributed by atoms with Gasteiger partial charge in [0.15, 0.2) is 0 Å². The highest BCUT2D eigenvalue weighted by Crippen LogP contribution is 2.22. The van der Waals surface area contributed by atoms with Gasteiger partial charge < -0.3 is 14.4 Å². The maximum absolute atomic E-state index is 12.2. The van der Waals surface area contributed by atoms with Crippen molar-refractivity contribution in [1.29, 1.82) is 0 Å². The average Bonchev–Trinajstić information content (AvgIpc) is 2.66. The van der Waals surface area contributed by atoms with Gasteiger partial charge in [0.25, 0.3) is 0 Å². The molecule has 0 saturated carbocycles. The molecule has 1 aromatic heterocycles. The summed E-state index contributed by atoms with van der Waals surface area (Å²) in [5.41, 5.74) is 1.55. The second-order valence-electron chi connectivity index (χ2n) is 5.90. The first-order chi connectivity index (χ1) is 12.4. The largest absolute Gasteiger partial charge is 0.481 e. The van der Waals surface area contributed by atoms with Crippen molar-refractivity contribution < 1.29 is 19.1 Å². The van der Waals surface area contributed by atoms with Crippen LogP contribution in [-0.4, -0.2) is 50.1 Å². The summed E-state index contributed by atoms with van der Waals surface area (Å²) in [7, 11) is 6.42. The van der Waals surface area contributed by atoms with Crippen LogP contribution in [0.25, 0.3) is 0 Å². The van der Waals surface area contributed by atoms with E-state index in [0.717, 1.165) is 5.56 Å². The molecule has 0 N–H and O–H groups in total. The van der Waals surface area contributed by atoms with Crippen molar-refractivity contribution in [3.63, 3.8) is 0 Å².